The van der Waals surface area contributed by atoms with Crippen molar-refractivity contribution in [2.45, 2.75) is 26.4 Å². The van der Waals surface area contributed by atoms with Crippen LogP contribution in [0.15, 0.2) is 42.5 Å². The quantitative estimate of drug-likeness (QED) is 0.843. The third-order valence-corrected chi connectivity index (χ3v) is 3.37. The zero-order valence-electron chi connectivity index (χ0n) is 12.5. The molecule has 0 fully saturated rings. The Hall–Kier alpha value is -1.71. The molecule has 0 aliphatic rings. The molecule has 2 rings (SSSR count). The van der Waals surface area contributed by atoms with E-state index in [0.29, 0.717) is 11.1 Å². The Balaban J connectivity index is 2.05. The summed E-state index contributed by atoms with van der Waals surface area (Å²) in [5, 5.41) is 4.05. The van der Waals surface area contributed by atoms with Gasteiger partial charge in [-0.15, -0.1) is 0 Å². The summed E-state index contributed by atoms with van der Waals surface area (Å²) < 4.78 is 10.9. The van der Waals surface area contributed by atoms with Gasteiger partial charge in [0.15, 0.2) is 0 Å². The molecule has 112 valence electrons. The third-order valence-electron chi connectivity index (χ3n) is 3.02. The summed E-state index contributed by atoms with van der Waals surface area (Å²) in [4.78, 5) is 0. The molecule has 2 aromatic rings. The largest absolute Gasteiger partial charge is 0.497 e. The Kier molecular flexibility index (Phi) is 5.48. The molecule has 0 radical (unpaired) electrons. The van der Waals surface area contributed by atoms with E-state index in [9.17, 15) is 0 Å². The Morgan fingerprint density at radius 3 is 2.19 bits per heavy atom. The van der Waals surface area contributed by atoms with Crippen LogP contribution in [-0.2, 0) is 6.54 Å². The van der Waals surface area contributed by atoms with Gasteiger partial charge in [-0.05, 0) is 42.0 Å². The number of nitrogens with one attached hydrogen (secondary N) is 1. The SMILES string of the molecule is COc1ccc(Oc2ccc(CNC(C)C)c(Cl)c2)cc1. The molecule has 0 bridgehead atoms. The van der Waals surface area contributed by atoms with E-state index in [0.717, 1.165) is 29.4 Å². The van der Waals surface area contributed by atoms with Gasteiger partial charge in [0.25, 0.3) is 0 Å². The van der Waals surface area contributed by atoms with Gasteiger partial charge in [-0.25, -0.2) is 0 Å². The second kappa shape index (κ2) is 7.34. The van der Waals surface area contributed by atoms with Gasteiger partial charge in [-0.2, -0.15) is 0 Å². The van der Waals surface area contributed by atoms with E-state index in [1.54, 1.807) is 7.11 Å². The predicted octanol–water partition coefficient (Wildman–Crippen LogP) is 4.64. The first-order valence-electron chi connectivity index (χ1n) is 6.92. The Labute approximate surface area is 130 Å². The van der Waals surface area contributed by atoms with E-state index in [1.807, 2.05) is 42.5 Å². The van der Waals surface area contributed by atoms with Gasteiger partial charge in [0.1, 0.15) is 17.2 Å². The van der Waals surface area contributed by atoms with E-state index in [1.165, 1.54) is 0 Å². The summed E-state index contributed by atoms with van der Waals surface area (Å²) in [7, 11) is 1.64. The molecule has 0 heterocycles. The van der Waals surface area contributed by atoms with Crippen molar-refractivity contribution in [1.82, 2.24) is 5.32 Å². The molecule has 0 unspecified atom stereocenters. The fourth-order valence-corrected chi connectivity index (χ4v) is 2.07. The Bertz CT molecular complexity index is 582. The predicted molar refractivity (Wildman–Crippen MR) is 86.5 cm³/mol. The molecule has 3 nitrogen and oxygen atoms in total. The van der Waals surface area contributed by atoms with Crippen molar-refractivity contribution in [2.75, 3.05) is 7.11 Å². The molecular weight excluding hydrogens is 286 g/mol. The van der Waals surface area contributed by atoms with E-state index < -0.39 is 0 Å². The summed E-state index contributed by atoms with van der Waals surface area (Å²) in [5.74, 6) is 2.27. The highest BCUT2D eigenvalue weighted by Crippen LogP contribution is 2.28. The van der Waals surface area contributed by atoms with Crippen LogP contribution in [0.3, 0.4) is 0 Å². The summed E-state index contributed by atoms with van der Waals surface area (Å²) in [6.45, 7) is 4.96. The van der Waals surface area contributed by atoms with E-state index in [-0.39, 0.29) is 0 Å². The van der Waals surface area contributed by atoms with E-state index >= 15 is 0 Å². The van der Waals surface area contributed by atoms with Gasteiger partial charge in [0, 0.05) is 17.6 Å². The molecule has 0 amide bonds. The summed E-state index contributed by atoms with van der Waals surface area (Å²) in [6, 6.07) is 13.6. The summed E-state index contributed by atoms with van der Waals surface area (Å²) in [5.41, 5.74) is 1.06. The van der Waals surface area contributed by atoms with Gasteiger partial charge in [-0.3, -0.25) is 0 Å². The maximum atomic E-state index is 6.29. The number of ether oxygens (including phenoxy) is 2. The lowest BCUT2D eigenvalue weighted by Crippen LogP contribution is -2.21. The molecule has 0 saturated heterocycles. The molecule has 0 aliphatic heterocycles. The smallest absolute Gasteiger partial charge is 0.128 e. The van der Waals surface area contributed by atoms with E-state index in [4.69, 9.17) is 21.1 Å². The first-order valence-corrected chi connectivity index (χ1v) is 7.30. The van der Waals surface area contributed by atoms with Crippen molar-refractivity contribution in [3.05, 3.63) is 53.1 Å². The number of hydrogen-bond acceptors (Lipinski definition) is 3. The van der Waals surface area contributed by atoms with E-state index in [2.05, 4.69) is 19.2 Å². The van der Waals surface area contributed by atoms with Crippen LogP contribution in [0.5, 0.6) is 17.2 Å². The fraction of sp³-hybridized carbons (Fsp3) is 0.294. The molecule has 0 aromatic heterocycles. The van der Waals surface area contributed by atoms with Gasteiger partial charge in [-0.1, -0.05) is 31.5 Å². The third kappa shape index (κ3) is 4.66. The summed E-state index contributed by atoms with van der Waals surface area (Å²) in [6.07, 6.45) is 0. The lowest BCUT2D eigenvalue weighted by atomic mass is 10.2. The van der Waals surface area contributed by atoms with Crippen molar-refractivity contribution < 1.29 is 9.47 Å². The minimum Gasteiger partial charge on any atom is -0.497 e. The normalized spacial score (nSPS) is 10.7. The highest BCUT2D eigenvalue weighted by Gasteiger charge is 2.05. The lowest BCUT2D eigenvalue weighted by molar-refractivity contribution is 0.413. The minimum atomic E-state index is 0.427. The van der Waals surface area contributed by atoms with Crippen LogP contribution in [0.1, 0.15) is 19.4 Å². The van der Waals surface area contributed by atoms with Gasteiger partial charge in [0.05, 0.1) is 7.11 Å². The second-order valence-electron chi connectivity index (χ2n) is 5.07. The lowest BCUT2D eigenvalue weighted by Gasteiger charge is -2.11. The summed E-state index contributed by atoms with van der Waals surface area (Å²) >= 11 is 6.29. The number of rotatable bonds is 6. The highest BCUT2D eigenvalue weighted by molar-refractivity contribution is 6.31. The molecule has 0 saturated carbocycles. The fourth-order valence-electron chi connectivity index (χ4n) is 1.83. The number of methoxy groups -OCH3 is 1. The zero-order valence-corrected chi connectivity index (χ0v) is 13.3. The van der Waals surface area contributed by atoms with Crippen LogP contribution in [0, 0.1) is 0 Å². The average molecular weight is 306 g/mol. The van der Waals surface area contributed by atoms with Crippen molar-refractivity contribution in [3.63, 3.8) is 0 Å². The topological polar surface area (TPSA) is 30.5 Å². The zero-order chi connectivity index (χ0) is 15.2. The van der Waals surface area contributed by atoms with Gasteiger partial charge in [0.2, 0.25) is 0 Å². The number of halogens is 1. The molecule has 4 heteroatoms. The van der Waals surface area contributed by atoms with Crippen LogP contribution in [-0.4, -0.2) is 13.2 Å². The molecule has 0 spiro atoms. The molecule has 21 heavy (non-hydrogen) atoms. The number of benzene rings is 2. The van der Waals surface area contributed by atoms with Crippen LogP contribution >= 0.6 is 11.6 Å². The van der Waals surface area contributed by atoms with Crippen molar-refractivity contribution in [3.8, 4) is 17.2 Å². The van der Waals surface area contributed by atoms with Crippen LogP contribution in [0.4, 0.5) is 0 Å². The molecule has 0 aliphatic carbocycles. The maximum absolute atomic E-state index is 6.29. The monoisotopic (exact) mass is 305 g/mol. The first-order chi connectivity index (χ1) is 10.1. The number of hydrogen-bond donors (Lipinski definition) is 1. The van der Waals surface area contributed by atoms with Crippen molar-refractivity contribution in [1.29, 1.82) is 0 Å². The van der Waals surface area contributed by atoms with Gasteiger partial charge < -0.3 is 14.8 Å². The van der Waals surface area contributed by atoms with Crippen molar-refractivity contribution in [2.24, 2.45) is 0 Å². The standard InChI is InChI=1S/C17H20ClNO2/c1-12(2)19-11-13-4-5-16(10-17(13)18)21-15-8-6-14(20-3)7-9-15/h4-10,12,19H,11H2,1-3H3. The van der Waals surface area contributed by atoms with Gasteiger partial charge >= 0.3 is 0 Å². The Morgan fingerprint density at radius 2 is 1.62 bits per heavy atom. The first kappa shape index (κ1) is 15.7. The molecule has 1 N–H and O–H groups in total. The Morgan fingerprint density at radius 1 is 1.00 bits per heavy atom. The van der Waals surface area contributed by atoms with Crippen LogP contribution in [0.2, 0.25) is 5.02 Å². The highest BCUT2D eigenvalue weighted by atomic mass is 35.5. The second-order valence-corrected chi connectivity index (χ2v) is 5.47. The molecule has 2 aromatic carbocycles. The van der Waals surface area contributed by atoms with Crippen LogP contribution in [0.25, 0.3) is 0 Å². The molecular formula is C17H20ClNO2. The average Bonchev–Trinajstić information content (AvgIpc) is 2.47. The van der Waals surface area contributed by atoms with Crippen LogP contribution < -0.4 is 14.8 Å². The molecule has 0 atom stereocenters. The van der Waals surface area contributed by atoms with Crippen molar-refractivity contribution >= 4 is 11.6 Å². The maximum Gasteiger partial charge on any atom is 0.128 e. The minimum absolute atomic E-state index is 0.427.